The Morgan fingerprint density at radius 3 is 2.58 bits per heavy atom. The van der Waals surface area contributed by atoms with Crippen molar-refractivity contribution in [2.45, 2.75) is 58.0 Å². The van der Waals surface area contributed by atoms with Gasteiger partial charge in [0, 0.05) is 18.6 Å². The van der Waals surface area contributed by atoms with Crippen LogP contribution in [-0.4, -0.2) is 40.6 Å². The zero-order valence-corrected chi connectivity index (χ0v) is 11.8. The molecule has 2 fully saturated rings. The number of nitrogens with zero attached hydrogens (tertiary/aromatic N) is 1. The molecule has 4 atom stereocenters. The number of carbonyl (C=O) groups is 2. The largest absolute Gasteiger partial charge is 0.481 e. The van der Waals surface area contributed by atoms with E-state index < -0.39 is 5.97 Å². The molecule has 1 aliphatic heterocycles. The molecule has 2 N–H and O–H groups in total. The molecule has 1 aliphatic carbocycles. The Balaban J connectivity index is 1.90. The lowest BCUT2D eigenvalue weighted by molar-refractivity contribution is -0.137. The highest BCUT2D eigenvalue weighted by Crippen LogP contribution is 2.31. The van der Waals surface area contributed by atoms with Crippen molar-refractivity contribution < 1.29 is 14.7 Å². The van der Waals surface area contributed by atoms with Gasteiger partial charge < -0.3 is 15.3 Å². The first kappa shape index (κ1) is 14.2. The lowest BCUT2D eigenvalue weighted by Gasteiger charge is -2.27. The molecule has 108 valence electrons. The highest BCUT2D eigenvalue weighted by molar-refractivity contribution is 5.76. The Bertz CT molecular complexity index is 359. The van der Waals surface area contributed by atoms with Crippen molar-refractivity contribution in [3.05, 3.63) is 0 Å². The lowest BCUT2D eigenvalue weighted by atomic mass is 9.98. The molecule has 5 heteroatoms. The molecule has 2 aliphatic rings. The number of hydrogen-bond acceptors (Lipinski definition) is 2. The summed E-state index contributed by atoms with van der Waals surface area (Å²) in [6.45, 7) is 5.08. The van der Waals surface area contributed by atoms with Gasteiger partial charge in [-0.3, -0.25) is 4.79 Å². The molecule has 0 radical (unpaired) electrons. The molecule has 1 heterocycles. The third-order valence-electron chi connectivity index (χ3n) is 4.82. The summed E-state index contributed by atoms with van der Waals surface area (Å²) in [4.78, 5) is 24.8. The molecule has 0 spiro atoms. The van der Waals surface area contributed by atoms with Crippen LogP contribution in [0.4, 0.5) is 4.79 Å². The molecular formula is C14H24N2O3. The average Bonchev–Trinajstić information content (AvgIpc) is 2.90. The van der Waals surface area contributed by atoms with E-state index in [4.69, 9.17) is 5.11 Å². The predicted octanol–water partition coefficient (Wildman–Crippen LogP) is 2.07. The van der Waals surface area contributed by atoms with E-state index in [9.17, 15) is 9.59 Å². The number of rotatable bonds is 3. The summed E-state index contributed by atoms with van der Waals surface area (Å²) in [5.74, 6) is 0.329. The fraction of sp³-hybridized carbons (Fsp3) is 0.857. The van der Waals surface area contributed by atoms with Crippen LogP contribution < -0.4 is 5.32 Å². The highest BCUT2D eigenvalue weighted by atomic mass is 16.4. The topological polar surface area (TPSA) is 69.6 Å². The van der Waals surface area contributed by atoms with Gasteiger partial charge in [-0.15, -0.1) is 0 Å². The molecule has 4 unspecified atom stereocenters. The van der Waals surface area contributed by atoms with E-state index in [1.54, 1.807) is 4.90 Å². The summed E-state index contributed by atoms with van der Waals surface area (Å²) >= 11 is 0. The average molecular weight is 268 g/mol. The van der Waals surface area contributed by atoms with E-state index in [0.717, 1.165) is 25.7 Å². The van der Waals surface area contributed by atoms with E-state index in [2.05, 4.69) is 19.2 Å². The molecule has 2 rings (SSSR count). The van der Waals surface area contributed by atoms with E-state index >= 15 is 0 Å². The summed E-state index contributed by atoms with van der Waals surface area (Å²) < 4.78 is 0. The number of aliphatic carboxylic acids is 1. The molecule has 0 aromatic carbocycles. The molecule has 2 amide bonds. The van der Waals surface area contributed by atoms with Gasteiger partial charge in [-0.05, 0) is 37.5 Å². The summed E-state index contributed by atoms with van der Waals surface area (Å²) in [5, 5.41) is 12.0. The number of urea groups is 1. The highest BCUT2D eigenvalue weighted by Gasteiger charge is 2.35. The fourth-order valence-electron chi connectivity index (χ4n) is 3.33. The molecule has 0 bridgehead atoms. The number of likely N-dealkylation sites (tertiary alicyclic amines) is 1. The quantitative estimate of drug-likeness (QED) is 0.823. The molecule has 19 heavy (non-hydrogen) atoms. The van der Waals surface area contributed by atoms with Crippen molar-refractivity contribution >= 4 is 12.0 Å². The lowest BCUT2D eigenvalue weighted by Crippen LogP contribution is -2.48. The first-order valence-electron chi connectivity index (χ1n) is 7.28. The second kappa shape index (κ2) is 5.80. The smallest absolute Gasteiger partial charge is 0.317 e. The zero-order valence-electron chi connectivity index (χ0n) is 11.8. The van der Waals surface area contributed by atoms with Gasteiger partial charge >= 0.3 is 12.0 Å². The first-order valence-corrected chi connectivity index (χ1v) is 7.28. The first-order chi connectivity index (χ1) is 8.99. The number of hydrogen-bond donors (Lipinski definition) is 2. The number of nitrogens with one attached hydrogen (secondary N) is 1. The van der Waals surface area contributed by atoms with Crippen molar-refractivity contribution in [3.8, 4) is 0 Å². The van der Waals surface area contributed by atoms with Crippen LogP contribution in [0.5, 0.6) is 0 Å². The van der Waals surface area contributed by atoms with Gasteiger partial charge in [-0.1, -0.05) is 13.8 Å². The minimum atomic E-state index is -0.826. The molecule has 1 saturated heterocycles. The van der Waals surface area contributed by atoms with E-state index in [-0.39, 0.29) is 24.5 Å². The molecule has 1 saturated carbocycles. The zero-order chi connectivity index (χ0) is 14.0. The van der Waals surface area contributed by atoms with Crippen molar-refractivity contribution in [2.75, 3.05) is 6.54 Å². The SMILES string of the molecule is CC1CCC(NC(=O)N2CCCC2CC(=O)O)C1C. The maximum atomic E-state index is 12.3. The fourth-order valence-corrected chi connectivity index (χ4v) is 3.33. The van der Waals surface area contributed by atoms with Crippen LogP contribution >= 0.6 is 0 Å². The van der Waals surface area contributed by atoms with E-state index in [0.29, 0.717) is 18.4 Å². The Morgan fingerprint density at radius 2 is 2.00 bits per heavy atom. The van der Waals surface area contributed by atoms with Crippen LogP contribution in [-0.2, 0) is 4.79 Å². The second-order valence-corrected chi connectivity index (χ2v) is 6.06. The van der Waals surface area contributed by atoms with Gasteiger partial charge in [0.1, 0.15) is 0 Å². The van der Waals surface area contributed by atoms with Crippen LogP contribution in [0.1, 0.15) is 46.0 Å². The van der Waals surface area contributed by atoms with Crippen LogP contribution in [0.25, 0.3) is 0 Å². The third-order valence-corrected chi connectivity index (χ3v) is 4.82. The Morgan fingerprint density at radius 1 is 1.26 bits per heavy atom. The second-order valence-electron chi connectivity index (χ2n) is 6.06. The summed E-state index contributed by atoms with van der Waals surface area (Å²) in [5.41, 5.74) is 0. The minimum absolute atomic E-state index is 0.0596. The molecule has 0 aromatic rings. The summed E-state index contributed by atoms with van der Waals surface area (Å²) in [7, 11) is 0. The van der Waals surface area contributed by atoms with Crippen molar-refractivity contribution in [3.63, 3.8) is 0 Å². The van der Waals surface area contributed by atoms with Gasteiger partial charge in [0.25, 0.3) is 0 Å². The summed E-state index contributed by atoms with van der Waals surface area (Å²) in [6, 6.07) is 0.0370. The van der Waals surface area contributed by atoms with Gasteiger partial charge in [0.15, 0.2) is 0 Å². The number of amides is 2. The van der Waals surface area contributed by atoms with Gasteiger partial charge in [0.2, 0.25) is 0 Å². The van der Waals surface area contributed by atoms with E-state index in [1.165, 1.54) is 0 Å². The van der Waals surface area contributed by atoms with Crippen LogP contribution in [0.15, 0.2) is 0 Å². The van der Waals surface area contributed by atoms with E-state index in [1.807, 2.05) is 0 Å². The Labute approximate surface area is 114 Å². The number of carboxylic acid groups (broad SMARTS) is 1. The maximum Gasteiger partial charge on any atom is 0.317 e. The Kier molecular flexibility index (Phi) is 4.32. The molecular weight excluding hydrogens is 244 g/mol. The van der Waals surface area contributed by atoms with Gasteiger partial charge in [0.05, 0.1) is 6.42 Å². The standard InChI is InChI=1S/C14H24N2O3/c1-9-5-6-12(10(9)2)15-14(19)16-7-3-4-11(16)8-13(17)18/h9-12H,3-8H2,1-2H3,(H,15,19)(H,17,18). The maximum absolute atomic E-state index is 12.3. The van der Waals surface area contributed by atoms with Crippen LogP contribution in [0, 0.1) is 11.8 Å². The van der Waals surface area contributed by atoms with Crippen molar-refractivity contribution in [1.29, 1.82) is 0 Å². The van der Waals surface area contributed by atoms with Gasteiger partial charge in [-0.25, -0.2) is 4.79 Å². The van der Waals surface area contributed by atoms with Crippen LogP contribution in [0.3, 0.4) is 0 Å². The monoisotopic (exact) mass is 268 g/mol. The number of carbonyl (C=O) groups excluding carboxylic acids is 1. The minimum Gasteiger partial charge on any atom is -0.481 e. The predicted molar refractivity (Wildman–Crippen MR) is 71.9 cm³/mol. The van der Waals surface area contributed by atoms with Gasteiger partial charge in [-0.2, -0.15) is 0 Å². The normalized spacial score (nSPS) is 34.5. The molecule has 0 aromatic heterocycles. The Hall–Kier alpha value is -1.26. The molecule has 5 nitrogen and oxygen atoms in total. The number of carboxylic acids is 1. The van der Waals surface area contributed by atoms with Crippen molar-refractivity contribution in [2.24, 2.45) is 11.8 Å². The summed E-state index contributed by atoms with van der Waals surface area (Å²) in [6.07, 6.45) is 3.96. The van der Waals surface area contributed by atoms with Crippen molar-refractivity contribution in [1.82, 2.24) is 10.2 Å². The third kappa shape index (κ3) is 3.19. The van der Waals surface area contributed by atoms with Crippen LogP contribution in [0.2, 0.25) is 0 Å².